The van der Waals surface area contributed by atoms with Crippen LogP contribution in [0.5, 0.6) is 0 Å². The summed E-state index contributed by atoms with van der Waals surface area (Å²) in [5.74, 6) is -3.66. The highest BCUT2D eigenvalue weighted by Crippen LogP contribution is 2.24. The Hall–Kier alpha value is -3.75. The molecule has 0 bridgehead atoms. The minimum atomic E-state index is -3.79. The maximum absolute atomic E-state index is 13.4. The van der Waals surface area contributed by atoms with Gasteiger partial charge in [-0.25, -0.2) is 8.42 Å². The molecule has 14 heteroatoms. The normalized spacial score (nSPS) is 12.4. The van der Waals surface area contributed by atoms with E-state index in [1.54, 1.807) is 30.2 Å². The average molecular weight is 652 g/mol. The Morgan fingerprint density at radius 1 is 0.956 bits per heavy atom. The zero-order valence-electron chi connectivity index (χ0n) is 26.3. The minimum Gasteiger partial charge on any atom is -0.481 e. The summed E-state index contributed by atoms with van der Waals surface area (Å²) in [5, 5.41) is 19.3. The third-order valence-corrected chi connectivity index (χ3v) is 8.77. The summed E-state index contributed by atoms with van der Waals surface area (Å²) in [5.41, 5.74) is 15.3. The van der Waals surface area contributed by atoms with Crippen LogP contribution in [0.15, 0.2) is 52.4 Å². The van der Waals surface area contributed by atoms with E-state index in [-0.39, 0.29) is 29.6 Å². The highest BCUT2D eigenvalue weighted by atomic mass is 32.2. The van der Waals surface area contributed by atoms with Crippen LogP contribution in [0, 0.1) is 5.92 Å². The van der Waals surface area contributed by atoms with Crippen molar-refractivity contribution in [1.29, 1.82) is 0 Å². The second-order valence-electron chi connectivity index (χ2n) is 10.7. The van der Waals surface area contributed by atoms with Crippen LogP contribution in [-0.4, -0.2) is 92.5 Å². The number of amides is 1. The number of methoxy groups -OCH3 is 1. The first-order valence-corrected chi connectivity index (χ1v) is 16.7. The number of fused-ring (bicyclic) bond motifs is 1. The summed E-state index contributed by atoms with van der Waals surface area (Å²) < 4.78 is 31.6. The molecule has 0 radical (unpaired) electrons. The minimum absolute atomic E-state index is 0.0129. The van der Waals surface area contributed by atoms with Gasteiger partial charge in [-0.1, -0.05) is 50.1 Å². The highest BCUT2D eigenvalue weighted by Gasteiger charge is 2.30. The molecular weight excluding hydrogens is 602 g/mol. The number of carbonyl (C=O) groups is 3. The highest BCUT2D eigenvalue weighted by molar-refractivity contribution is 7.91. The van der Waals surface area contributed by atoms with Gasteiger partial charge in [0, 0.05) is 39.8 Å². The number of hydrogen-bond acceptors (Lipinski definition) is 8. The molecule has 0 heterocycles. The number of nitrogens with zero attached hydrogens (tertiary/aromatic N) is 2. The molecule has 2 rings (SSSR count). The smallest absolute Gasteiger partial charge is 0.320 e. The van der Waals surface area contributed by atoms with Gasteiger partial charge in [-0.3, -0.25) is 19.4 Å². The van der Waals surface area contributed by atoms with Crippen molar-refractivity contribution in [3.63, 3.8) is 0 Å². The number of rotatable bonds is 20. The van der Waals surface area contributed by atoms with E-state index >= 15 is 0 Å². The molecule has 2 atom stereocenters. The number of aliphatic imine (C=N–C) groups is 1. The van der Waals surface area contributed by atoms with E-state index in [4.69, 9.17) is 27.0 Å². The number of ether oxygens (including phenoxy) is 1. The molecule has 0 aliphatic heterocycles. The monoisotopic (exact) mass is 651 g/mol. The fraction of sp³-hybridized carbons (Fsp3) is 0.548. The molecule has 0 aliphatic carbocycles. The van der Waals surface area contributed by atoms with E-state index in [1.807, 2.05) is 24.3 Å². The Morgan fingerprint density at radius 2 is 1.62 bits per heavy atom. The Balaban J connectivity index is 0.000000712. The summed E-state index contributed by atoms with van der Waals surface area (Å²) in [6, 6.07) is 11.6. The number of aliphatic carboxylic acids is 2. The molecule has 8 N–H and O–H groups in total. The van der Waals surface area contributed by atoms with Crippen molar-refractivity contribution in [3.05, 3.63) is 42.5 Å². The molecule has 0 saturated heterocycles. The van der Waals surface area contributed by atoms with Gasteiger partial charge in [-0.15, -0.1) is 0 Å². The van der Waals surface area contributed by atoms with Crippen LogP contribution in [0.25, 0.3) is 10.8 Å². The summed E-state index contributed by atoms with van der Waals surface area (Å²) in [6.45, 7) is 3.96. The summed E-state index contributed by atoms with van der Waals surface area (Å²) in [6.07, 6.45) is 4.09. The molecule has 13 nitrogen and oxygen atoms in total. The average Bonchev–Trinajstić information content (AvgIpc) is 3.00. The molecule has 2 aromatic carbocycles. The first kappa shape index (κ1) is 39.3. The van der Waals surface area contributed by atoms with Crippen molar-refractivity contribution in [2.24, 2.45) is 28.1 Å². The van der Waals surface area contributed by atoms with Gasteiger partial charge in [-0.2, -0.15) is 0 Å². The van der Waals surface area contributed by atoms with Crippen molar-refractivity contribution in [2.45, 2.75) is 69.2 Å². The SMILES string of the molecule is CCCCCN(CCCOC)C(=O)[C@H](CCC(=O)O)CS(=O)(=O)c1ccc2ccccc2c1.NC(N)=NCCCC(N)C(=O)O. The lowest BCUT2D eigenvalue weighted by Gasteiger charge is -2.27. The molecule has 1 unspecified atom stereocenters. The van der Waals surface area contributed by atoms with E-state index < -0.39 is 39.5 Å². The number of unbranched alkanes of at least 4 members (excludes halogenated alkanes) is 2. The summed E-state index contributed by atoms with van der Waals surface area (Å²) in [7, 11) is -2.20. The Bertz CT molecular complexity index is 1340. The quantitative estimate of drug-likeness (QED) is 0.0794. The topological polar surface area (TPSA) is 229 Å². The van der Waals surface area contributed by atoms with Gasteiger partial charge in [-0.05, 0) is 55.0 Å². The number of benzene rings is 2. The Kier molecular flexibility index (Phi) is 18.4. The van der Waals surface area contributed by atoms with Crippen molar-refractivity contribution in [3.8, 4) is 0 Å². The Labute approximate surface area is 265 Å². The third-order valence-electron chi connectivity index (χ3n) is 6.96. The number of carboxylic acids is 2. The molecule has 2 aromatic rings. The van der Waals surface area contributed by atoms with E-state index in [1.165, 1.54) is 0 Å². The predicted octanol–water partition coefficient (Wildman–Crippen LogP) is 2.60. The van der Waals surface area contributed by atoms with Crippen LogP contribution >= 0.6 is 0 Å². The maximum atomic E-state index is 13.4. The molecule has 0 aliphatic rings. The van der Waals surface area contributed by atoms with Crippen LogP contribution in [0.2, 0.25) is 0 Å². The van der Waals surface area contributed by atoms with E-state index in [2.05, 4.69) is 11.9 Å². The standard InChI is InChI=1S/C25H35NO6S.C6H14N4O2/c1-3-4-7-15-26(16-8-17-32-2)25(29)22(12-14-24(27)28)19-33(30,31)23-13-11-20-9-5-6-10-21(20)18-23;7-4(5(11)12)2-1-3-10-6(8)9/h5-6,9-11,13,18,22H,3-4,7-8,12,14-17,19H2,1-2H3,(H,27,28);4H,1-3,7H2,(H,11,12)(H4,8,9,10)/t22-;/m1./s1. The third kappa shape index (κ3) is 15.7. The number of nitrogens with two attached hydrogens (primary N) is 3. The second kappa shape index (κ2) is 21.1. The summed E-state index contributed by atoms with van der Waals surface area (Å²) >= 11 is 0. The van der Waals surface area contributed by atoms with Crippen LogP contribution in [0.4, 0.5) is 0 Å². The molecule has 45 heavy (non-hydrogen) atoms. The molecule has 1 amide bonds. The van der Waals surface area contributed by atoms with Crippen LogP contribution in [0.1, 0.15) is 58.3 Å². The van der Waals surface area contributed by atoms with Crippen LogP contribution < -0.4 is 17.2 Å². The zero-order valence-corrected chi connectivity index (χ0v) is 27.1. The first-order valence-electron chi connectivity index (χ1n) is 15.1. The van der Waals surface area contributed by atoms with E-state index in [0.29, 0.717) is 45.5 Å². The molecular formula is C31H49N5O8S. The van der Waals surface area contributed by atoms with Crippen molar-refractivity contribution < 1.29 is 37.8 Å². The fourth-order valence-electron chi connectivity index (χ4n) is 4.48. The number of carboxylic acid groups (broad SMARTS) is 2. The summed E-state index contributed by atoms with van der Waals surface area (Å²) in [4.78, 5) is 40.3. The van der Waals surface area contributed by atoms with Crippen molar-refractivity contribution in [1.82, 2.24) is 4.90 Å². The Morgan fingerprint density at radius 3 is 2.22 bits per heavy atom. The van der Waals surface area contributed by atoms with E-state index in [0.717, 1.165) is 30.0 Å². The lowest BCUT2D eigenvalue weighted by atomic mass is 10.0. The molecule has 0 saturated carbocycles. The van der Waals surface area contributed by atoms with Crippen LogP contribution in [0.3, 0.4) is 0 Å². The molecule has 0 fully saturated rings. The van der Waals surface area contributed by atoms with E-state index in [9.17, 15) is 27.9 Å². The maximum Gasteiger partial charge on any atom is 0.320 e. The number of carbonyl (C=O) groups excluding carboxylic acids is 1. The van der Waals surface area contributed by atoms with Gasteiger partial charge in [0.25, 0.3) is 0 Å². The second-order valence-corrected chi connectivity index (χ2v) is 12.7. The van der Waals surface area contributed by atoms with Crippen molar-refractivity contribution >= 4 is 44.4 Å². The molecule has 0 aromatic heterocycles. The largest absolute Gasteiger partial charge is 0.481 e. The van der Waals surface area contributed by atoms with Gasteiger partial charge < -0.3 is 37.1 Å². The first-order chi connectivity index (χ1) is 21.3. The number of sulfone groups is 1. The van der Waals surface area contributed by atoms with Gasteiger partial charge >= 0.3 is 11.9 Å². The van der Waals surface area contributed by atoms with Gasteiger partial charge in [0.2, 0.25) is 5.91 Å². The molecule has 252 valence electrons. The van der Waals surface area contributed by atoms with Gasteiger partial charge in [0.15, 0.2) is 15.8 Å². The van der Waals surface area contributed by atoms with Gasteiger partial charge in [0.1, 0.15) is 6.04 Å². The van der Waals surface area contributed by atoms with Gasteiger partial charge in [0.05, 0.1) is 16.6 Å². The van der Waals surface area contributed by atoms with Crippen LogP contribution in [-0.2, 0) is 29.0 Å². The number of hydrogen-bond donors (Lipinski definition) is 5. The van der Waals surface area contributed by atoms with Crippen molar-refractivity contribution in [2.75, 3.05) is 39.1 Å². The fourth-order valence-corrected chi connectivity index (χ4v) is 6.10. The lowest BCUT2D eigenvalue weighted by Crippen LogP contribution is -2.40. The lowest BCUT2D eigenvalue weighted by molar-refractivity contribution is -0.140. The predicted molar refractivity (Wildman–Crippen MR) is 174 cm³/mol. The number of guanidine groups is 1. The molecule has 0 spiro atoms. The zero-order chi connectivity index (χ0) is 33.8.